The van der Waals surface area contributed by atoms with E-state index in [-0.39, 0.29) is 16.4 Å². The van der Waals surface area contributed by atoms with E-state index in [1.807, 2.05) is 0 Å². The number of aryl methyl sites for hydroxylation is 1. The van der Waals surface area contributed by atoms with E-state index in [4.69, 9.17) is 34.8 Å². The largest absolute Gasteiger partial charge is 0.248 e. The molecule has 3 rings (SSSR count). The minimum atomic E-state index is -0.493. The van der Waals surface area contributed by atoms with E-state index in [2.05, 4.69) is 21.9 Å². The van der Waals surface area contributed by atoms with Crippen molar-refractivity contribution in [2.24, 2.45) is 7.05 Å². The summed E-state index contributed by atoms with van der Waals surface area (Å²) < 4.78 is 15.6. The van der Waals surface area contributed by atoms with Gasteiger partial charge in [0.1, 0.15) is 5.82 Å². The summed E-state index contributed by atoms with van der Waals surface area (Å²) in [6, 6.07) is 4.41. The van der Waals surface area contributed by atoms with Gasteiger partial charge in [0.25, 0.3) is 0 Å². The Morgan fingerprint density at radius 1 is 1.21 bits per heavy atom. The predicted octanol–water partition coefficient (Wildman–Crippen LogP) is 5.68. The first-order chi connectivity index (χ1) is 11.4. The Labute approximate surface area is 157 Å². The molecule has 0 unspecified atom stereocenters. The molecule has 3 aromatic rings. The number of rotatable bonds is 2. The van der Waals surface area contributed by atoms with Crippen LogP contribution in [-0.2, 0) is 7.05 Å². The Hall–Kier alpha value is -1.58. The summed E-state index contributed by atoms with van der Waals surface area (Å²) in [5, 5.41) is 5.21. The fourth-order valence-electron chi connectivity index (χ4n) is 2.13. The van der Waals surface area contributed by atoms with Crippen LogP contribution in [0.4, 0.5) is 4.39 Å². The molecule has 0 aliphatic heterocycles. The molecule has 0 radical (unpaired) electrons. The fourth-order valence-corrected chi connectivity index (χ4v) is 4.05. The van der Waals surface area contributed by atoms with Crippen molar-refractivity contribution in [1.82, 2.24) is 14.8 Å². The lowest BCUT2D eigenvalue weighted by atomic mass is 10.2. The number of thiophene rings is 1. The summed E-state index contributed by atoms with van der Waals surface area (Å²) >= 11 is 19.9. The molecule has 0 saturated heterocycles. The summed E-state index contributed by atoms with van der Waals surface area (Å²) in [4.78, 5) is 5.66. The fraction of sp³-hybridized carbons (Fsp3) is 0.125. The molecule has 0 aliphatic carbocycles. The van der Waals surface area contributed by atoms with Crippen molar-refractivity contribution < 1.29 is 4.39 Å². The molecule has 24 heavy (non-hydrogen) atoms. The van der Waals surface area contributed by atoms with Crippen molar-refractivity contribution in [3.63, 3.8) is 0 Å². The van der Waals surface area contributed by atoms with Crippen molar-refractivity contribution in [3.05, 3.63) is 44.0 Å². The van der Waals surface area contributed by atoms with Gasteiger partial charge in [-0.25, -0.2) is 14.1 Å². The molecule has 0 N–H and O–H groups in total. The summed E-state index contributed by atoms with van der Waals surface area (Å²) in [5.74, 6) is 5.83. The van der Waals surface area contributed by atoms with E-state index >= 15 is 0 Å². The molecule has 0 amide bonds. The number of halogens is 4. The Balaban J connectivity index is 2.17. The third-order valence-corrected chi connectivity index (χ3v) is 5.68. The van der Waals surface area contributed by atoms with Crippen LogP contribution in [0, 0.1) is 17.7 Å². The summed E-state index contributed by atoms with van der Waals surface area (Å²) in [6.45, 7) is 1.71. The first-order valence-electron chi connectivity index (χ1n) is 6.70. The van der Waals surface area contributed by atoms with Gasteiger partial charge in [-0.05, 0) is 19.1 Å². The quantitative estimate of drug-likeness (QED) is 0.518. The molecule has 122 valence electrons. The molecule has 2 heterocycles. The van der Waals surface area contributed by atoms with E-state index in [1.165, 1.54) is 28.2 Å². The number of nitrogens with zero attached hydrogens (tertiary/aromatic N) is 3. The maximum atomic E-state index is 14.1. The van der Waals surface area contributed by atoms with Gasteiger partial charge < -0.3 is 0 Å². The van der Waals surface area contributed by atoms with E-state index in [0.29, 0.717) is 25.6 Å². The number of hydrogen-bond donors (Lipinski definition) is 0. The molecule has 0 spiro atoms. The number of hydrogen-bond acceptors (Lipinski definition) is 3. The monoisotopic (exact) mass is 399 g/mol. The average Bonchev–Trinajstić information content (AvgIpc) is 3.03. The molecule has 3 nitrogen and oxygen atoms in total. The molecule has 0 atom stereocenters. The smallest absolute Gasteiger partial charge is 0.186 e. The molecule has 1 aromatic carbocycles. The van der Waals surface area contributed by atoms with Crippen molar-refractivity contribution >= 4 is 46.1 Å². The number of benzene rings is 1. The summed E-state index contributed by atoms with van der Waals surface area (Å²) in [7, 11) is 1.69. The van der Waals surface area contributed by atoms with Crippen LogP contribution in [0.25, 0.3) is 22.1 Å². The molecule has 0 saturated carbocycles. The third kappa shape index (κ3) is 2.91. The minimum absolute atomic E-state index is 0.147. The zero-order valence-electron chi connectivity index (χ0n) is 12.5. The second-order valence-electron chi connectivity index (χ2n) is 4.74. The molecule has 0 bridgehead atoms. The van der Waals surface area contributed by atoms with Crippen LogP contribution in [0.15, 0.2) is 18.2 Å². The maximum absolute atomic E-state index is 14.1. The van der Waals surface area contributed by atoms with Gasteiger partial charge >= 0.3 is 0 Å². The highest BCUT2D eigenvalue weighted by Crippen LogP contribution is 2.42. The SMILES string of the molecule is CC#Cc1sc(-c2nc(-c3c(F)cccc3Cl)nn2C)c(Cl)c1Cl. The normalized spacial score (nSPS) is 10.6. The summed E-state index contributed by atoms with van der Waals surface area (Å²) in [6.07, 6.45) is 0. The third-order valence-electron chi connectivity index (χ3n) is 3.19. The highest BCUT2D eigenvalue weighted by Gasteiger charge is 2.22. The van der Waals surface area contributed by atoms with Crippen molar-refractivity contribution in [1.29, 1.82) is 0 Å². The topological polar surface area (TPSA) is 30.7 Å². The van der Waals surface area contributed by atoms with Crippen LogP contribution in [0.5, 0.6) is 0 Å². The highest BCUT2D eigenvalue weighted by molar-refractivity contribution is 7.17. The average molecular weight is 401 g/mol. The van der Waals surface area contributed by atoms with Gasteiger partial charge in [0, 0.05) is 7.05 Å². The standard InChI is InChI=1S/C16H9Cl3FN3S/c1-3-5-10-12(18)13(19)14(24-10)16-21-15(22-23(16)2)11-8(17)6-4-7-9(11)20/h4,6-7H,1-2H3. The van der Waals surface area contributed by atoms with E-state index in [9.17, 15) is 4.39 Å². The van der Waals surface area contributed by atoms with Crippen LogP contribution in [0.3, 0.4) is 0 Å². The Bertz CT molecular complexity index is 978. The highest BCUT2D eigenvalue weighted by atomic mass is 35.5. The minimum Gasteiger partial charge on any atom is -0.248 e. The maximum Gasteiger partial charge on any atom is 0.186 e. The predicted molar refractivity (Wildman–Crippen MR) is 97.3 cm³/mol. The lowest BCUT2D eigenvalue weighted by molar-refractivity contribution is 0.629. The van der Waals surface area contributed by atoms with Crippen molar-refractivity contribution in [2.45, 2.75) is 6.92 Å². The first-order valence-corrected chi connectivity index (χ1v) is 8.65. The summed E-state index contributed by atoms with van der Waals surface area (Å²) in [5.41, 5.74) is 0.147. The Morgan fingerprint density at radius 3 is 2.62 bits per heavy atom. The molecule has 0 aliphatic rings. The second-order valence-corrected chi connectivity index (χ2v) is 6.93. The first kappa shape index (κ1) is 17.2. The van der Waals surface area contributed by atoms with Crippen molar-refractivity contribution in [3.8, 4) is 33.9 Å². The molecule has 2 aromatic heterocycles. The molecule has 0 fully saturated rings. The van der Waals surface area contributed by atoms with Crippen LogP contribution in [-0.4, -0.2) is 14.8 Å². The second kappa shape index (κ2) is 6.73. The lowest BCUT2D eigenvalue weighted by Gasteiger charge is -1.99. The van der Waals surface area contributed by atoms with Crippen LogP contribution < -0.4 is 0 Å². The Kier molecular flexibility index (Phi) is 4.84. The van der Waals surface area contributed by atoms with Gasteiger partial charge in [-0.1, -0.05) is 46.8 Å². The molecular formula is C16H9Cl3FN3S. The van der Waals surface area contributed by atoms with Gasteiger partial charge in [0.05, 0.1) is 30.4 Å². The Morgan fingerprint density at radius 2 is 1.96 bits per heavy atom. The van der Waals surface area contributed by atoms with Crippen LogP contribution >= 0.6 is 46.1 Å². The van der Waals surface area contributed by atoms with E-state index < -0.39 is 5.82 Å². The molecule has 8 heteroatoms. The van der Waals surface area contributed by atoms with Crippen molar-refractivity contribution in [2.75, 3.05) is 0 Å². The van der Waals surface area contributed by atoms with E-state index in [0.717, 1.165) is 0 Å². The lowest BCUT2D eigenvalue weighted by Crippen LogP contribution is -1.93. The zero-order valence-corrected chi connectivity index (χ0v) is 15.6. The van der Waals surface area contributed by atoms with Crippen LogP contribution in [0.1, 0.15) is 11.8 Å². The van der Waals surface area contributed by atoms with Gasteiger partial charge in [0.2, 0.25) is 0 Å². The van der Waals surface area contributed by atoms with Crippen LogP contribution in [0.2, 0.25) is 15.1 Å². The molecular weight excluding hydrogens is 392 g/mol. The zero-order chi connectivity index (χ0) is 17.4. The van der Waals surface area contributed by atoms with Gasteiger partial charge in [-0.2, -0.15) is 5.10 Å². The van der Waals surface area contributed by atoms with Gasteiger partial charge in [-0.15, -0.1) is 17.3 Å². The van der Waals surface area contributed by atoms with Gasteiger partial charge in [0.15, 0.2) is 11.6 Å². The number of aromatic nitrogens is 3. The van der Waals surface area contributed by atoms with E-state index in [1.54, 1.807) is 20.0 Å². The van der Waals surface area contributed by atoms with Gasteiger partial charge in [-0.3, -0.25) is 0 Å².